The van der Waals surface area contributed by atoms with E-state index in [1.165, 1.54) is 28.1 Å². The van der Waals surface area contributed by atoms with Gasteiger partial charge < -0.3 is 14.9 Å². The average molecular weight is 405 g/mol. The Hall–Kier alpha value is -2.79. The second-order valence-electron chi connectivity index (χ2n) is 8.65. The normalized spacial score (nSPS) is 22.1. The highest BCUT2D eigenvalue weighted by atomic mass is 16.3. The number of benzene rings is 2. The minimum atomic E-state index is -0.0646. The second kappa shape index (κ2) is 8.52. The van der Waals surface area contributed by atoms with E-state index in [0.29, 0.717) is 5.92 Å². The number of rotatable bonds is 5. The Morgan fingerprint density at radius 2 is 1.57 bits per heavy atom. The first-order valence-electron chi connectivity index (χ1n) is 10.7. The summed E-state index contributed by atoms with van der Waals surface area (Å²) in [4.78, 5) is 4.22. The van der Waals surface area contributed by atoms with Crippen molar-refractivity contribution < 1.29 is 5.11 Å². The molecular weight excluding hydrogens is 372 g/mol. The number of nitrogens with zero attached hydrogens (tertiary/aromatic N) is 4. The van der Waals surface area contributed by atoms with Crippen molar-refractivity contribution in [3.8, 4) is 0 Å². The third-order valence-electron chi connectivity index (χ3n) is 6.23. The highest BCUT2D eigenvalue weighted by molar-refractivity contribution is 6.07. The van der Waals surface area contributed by atoms with Crippen molar-refractivity contribution >= 4 is 23.2 Å². The summed E-state index contributed by atoms with van der Waals surface area (Å²) in [5, 5.41) is 16.8. The molecule has 30 heavy (non-hydrogen) atoms. The molecule has 0 saturated heterocycles. The number of hydrazone groups is 1. The summed E-state index contributed by atoms with van der Waals surface area (Å²) in [5.74, 6) is 0.323. The molecule has 1 fully saturated rings. The van der Waals surface area contributed by atoms with Crippen molar-refractivity contribution in [3.63, 3.8) is 0 Å². The van der Waals surface area contributed by atoms with Gasteiger partial charge in [-0.1, -0.05) is 24.3 Å². The summed E-state index contributed by atoms with van der Waals surface area (Å²) in [6.07, 6.45) is 5.57. The maximum absolute atomic E-state index is 10.0. The Morgan fingerprint density at radius 1 is 0.967 bits per heavy atom. The molecule has 0 bridgehead atoms. The van der Waals surface area contributed by atoms with Gasteiger partial charge in [0, 0.05) is 45.5 Å². The van der Waals surface area contributed by atoms with Gasteiger partial charge in [0.25, 0.3) is 0 Å². The average Bonchev–Trinajstić information content (AvgIpc) is 3.14. The Kier molecular flexibility index (Phi) is 5.82. The van der Waals surface area contributed by atoms with Crippen molar-refractivity contribution in [1.29, 1.82) is 0 Å². The van der Waals surface area contributed by atoms with E-state index in [9.17, 15) is 5.11 Å². The molecule has 0 radical (unpaired) electrons. The monoisotopic (exact) mass is 404 g/mol. The molecule has 0 spiro atoms. The number of anilines is 2. The number of hydrogen-bond acceptors (Lipinski definition) is 5. The lowest BCUT2D eigenvalue weighted by Crippen LogP contribution is -2.28. The van der Waals surface area contributed by atoms with Crippen LogP contribution in [0.5, 0.6) is 0 Å². The van der Waals surface area contributed by atoms with E-state index in [2.05, 4.69) is 92.6 Å². The maximum atomic E-state index is 10.0. The van der Waals surface area contributed by atoms with Crippen LogP contribution in [0, 0.1) is 5.92 Å². The third-order valence-corrected chi connectivity index (χ3v) is 6.23. The van der Waals surface area contributed by atoms with Crippen LogP contribution in [-0.2, 0) is 0 Å². The SMILES string of the molecule is CN(C)c1ccc(/C=C2\CCC[C@@H]3C2=NN(CO)[C@@H]3c2ccc(N(C)C)cc2)cc1. The van der Waals surface area contributed by atoms with Crippen LogP contribution in [-0.4, -0.2) is 50.7 Å². The first kappa shape index (κ1) is 20.5. The van der Waals surface area contributed by atoms with Gasteiger partial charge in [0.05, 0.1) is 11.8 Å². The number of hydrogen-bond donors (Lipinski definition) is 1. The predicted molar refractivity (Wildman–Crippen MR) is 126 cm³/mol. The Balaban J connectivity index is 1.62. The molecule has 0 unspecified atom stereocenters. The van der Waals surface area contributed by atoms with E-state index in [0.717, 1.165) is 25.0 Å². The van der Waals surface area contributed by atoms with Gasteiger partial charge in [-0.25, -0.2) is 0 Å². The summed E-state index contributed by atoms with van der Waals surface area (Å²) in [6, 6.07) is 17.4. The van der Waals surface area contributed by atoms with Gasteiger partial charge in [0.1, 0.15) is 6.73 Å². The van der Waals surface area contributed by atoms with Crippen molar-refractivity contribution in [1.82, 2.24) is 5.01 Å². The molecule has 2 aromatic rings. The van der Waals surface area contributed by atoms with Crippen LogP contribution in [0.1, 0.15) is 36.4 Å². The van der Waals surface area contributed by atoms with Crippen molar-refractivity contribution in [2.75, 3.05) is 44.7 Å². The van der Waals surface area contributed by atoms with Crippen LogP contribution >= 0.6 is 0 Å². The fourth-order valence-corrected chi connectivity index (χ4v) is 4.58. The van der Waals surface area contributed by atoms with Crippen molar-refractivity contribution in [3.05, 3.63) is 65.2 Å². The van der Waals surface area contributed by atoms with Gasteiger partial charge in [0.2, 0.25) is 0 Å². The molecular formula is C25H32N4O. The highest BCUT2D eigenvalue weighted by Gasteiger charge is 2.40. The summed E-state index contributed by atoms with van der Waals surface area (Å²) in [5.41, 5.74) is 7.25. The van der Waals surface area contributed by atoms with E-state index in [1.807, 2.05) is 5.01 Å². The standard InChI is InChI=1S/C25H32N4O/c1-27(2)21-12-8-18(9-13-21)16-20-6-5-7-23-24(20)26-29(17-30)25(23)19-10-14-22(15-11-19)28(3)4/h8-16,23,25,30H,5-7,17H2,1-4H3/b20-16+/t23-,25-/m1/s1. The lowest BCUT2D eigenvalue weighted by Gasteiger charge is -2.30. The fraction of sp³-hybridized carbons (Fsp3) is 0.400. The molecule has 2 aliphatic rings. The number of aliphatic hydroxyl groups excluding tert-OH is 1. The van der Waals surface area contributed by atoms with Crippen LogP contribution in [0.4, 0.5) is 11.4 Å². The molecule has 4 rings (SSSR count). The Bertz CT molecular complexity index is 929. The zero-order valence-electron chi connectivity index (χ0n) is 18.4. The summed E-state index contributed by atoms with van der Waals surface area (Å²) < 4.78 is 0. The first-order chi connectivity index (χ1) is 14.5. The van der Waals surface area contributed by atoms with Crippen LogP contribution < -0.4 is 9.80 Å². The van der Waals surface area contributed by atoms with Gasteiger partial charge in [-0.05, 0) is 66.3 Å². The zero-order chi connectivity index (χ0) is 21.3. The van der Waals surface area contributed by atoms with Gasteiger partial charge in [-0.15, -0.1) is 0 Å². The molecule has 5 heteroatoms. The largest absolute Gasteiger partial charge is 0.378 e. The third kappa shape index (κ3) is 3.94. The quantitative estimate of drug-likeness (QED) is 0.804. The van der Waals surface area contributed by atoms with Crippen LogP contribution in [0.15, 0.2) is 59.2 Å². The van der Waals surface area contributed by atoms with E-state index in [1.54, 1.807) is 0 Å². The van der Waals surface area contributed by atoms with Gasteiger partial charge in [0.15, 0.2) is 0 Å². The van der Waals surface area contributed by atoms with Gasteiger partial charge in [-0.3, -0.25) is 5.01 Å². The molecule has 1 heterocycles. The summed E-state index contributed by atoms with van der Waals surface area (Å²) in [6.45, 7) is -0.0646. The number of aliphatic hydroxyl groups is 1. The molecule has 1 N–H and O–H groups in total. The fourth-order valence-electron chi connectivity index (χ4n) is 4.58. The second-order valence-corrected chi connectivity index (χ2v) is 8.65. The molecule has 1 aliphatic carbocycles. The molecule has 2 aromatic carbocycles. The van der Waals surface area contributed by atoms with E-state index in [4.69, 9.17) is 5.10 Å². The highest BCUT2D eigenvalue weighted by Crippen LogP contribution is 2.44. The molecule has 0 aromatic heterocycles. The molecule has 1 aliphatic heterocycles. The van der Waals surface area contributed by atoms with Crippen molar-refractivity contribution in [2.24, 2.45) is 11.0 Å². The summed E-state index contributed by atoms with van der Waals surface area (Å²) in [7, 11) is 8.21. The number of allylic oxidation sites excluding steroid dienone is 1. The first-order valence-corrected chi connectivity index (χ1v) is 10.7. The Morgan fingerprint density at radius 3 is 2.13 bits per heavy atom. The molecule has 5 nitrogen and oxygen atoms in total. The van der Waals surface area contributed by atoms with Crippen LogP contribution in [0.3, 0.4) is 0 Å². The van der Waals surface area contributed by atoms with Crippen molar-refractivity contribution in [2.45, 2.75) is 25.3 Å². The smallest absolute Gasteiger partial charge is 0.132 e. The maximum Gasteiger partial charge on any atom is 0.132 e. The molecule has 0 amide bonds. The Labute approximate surface area is 179 Å². The predicted octanol–water partition coefficient (Wildman–Crippen LogP) is 4.36. The van der Waals surface area contributed by atoms with E-state index in [-0.39, 0.29) is 12.8 Å². The van der Waals surface area contributed by atoms with Crippen LogP contribution in [0.2, 0.25) is 0 Å². The van der Waals surface area contributed by atoms with Gasteiger partial charge in [-0.2, -0.15) is 5.10 Å². The molecule has 158 valence electrons. The molecule has 2 atom stereocenters. The zero-order valence-corrected chi connectivity index (χ0v) is 18.4. The minimum Gasteiger partial charge on any atom is -0.378 e. The van der Waals surface area contributed by atoms with E-state index >= 15 is 0 Å². The molecule has 1 saturated carbocycles. The lowest BCUT2D eigenvalue weighted by molar-refractivity contribution is 0.0697. The topological polar surface area (TPSA) is 42.3 Å². The van der Waals surface area contributed by atoms with Crippen LogP contribution in [0.25, 0.3) is 6.08 Å². The number of fused-ring (bicyclic) bond motifs is 1. The summed E-state index contributed by atoms with van der Waals surface area (Å²) >= 11 is 0. The van der Waals surface area contributed by atoms with E-state index < -0.39 is 0 Å². The lowest BCUT2D eigenvalue weighted by atomic mass is 9.77. The minimum absolute atomic E-state index is 0.0646. The van der Waals surface area contributed by atoms with Gasteiger partial charge >= 0.3 is 0 Å².